The third-order valence-corrected chi connectivity index (χ3v) is 11.6. The number of hydrogen-bond acceptors (Lipinski definition) is 4. The topological polar surface area (TPSA) is 56.5 Å². The number of aromatic nitrogens is 5. The van der Waals surface area contributed by atoms with Crippen molar-refractivity contribution in [2.45, 2.75) is 6.92 Å². The monoisotopic (exact) mass is 793 g/mol. The smallest absolute Gasteiger partial charge is 0.162 e. The molecule has 8 aromatic carbocycles. The van der Waals surface area contributed by atoms with Gasteiger partial charge < -0.3 is 4.57 Å². The molecule has 11 rings (SSSR count). The van der Waals surface area contributed by atoms with Crippen LogP contribution in [0.15, 0.2) is 218 Å². The molecule has 3 heterocycles. The molecule has 62 heavy (non-hydrogen) atoms. The first-order chi connectivity index (χ1) is 30.6. The van der Waals surface area contributed by atoms with Crippen molar-refractivity contribution in [3.8, 4) is 84.6 Å². The average Bonchev–Trinajstić information content (AvgIpc) is 3.68. The van der Waals surface area contributed by atoms with Crippen LogP contribution in [0.1, 0.15) is 5.56 Å². The van der Waals surface area contributed by atoms with Gasteiger partial charge in [-0.3, -0.25) is 0 Å². The number of benzene rings is 8. The molecular weight excluding hydrogens is 755 g/mol. The van der Waals surface area contributed by atoms with Crippen LogP contribution in [0, 0.1) is 6.92 Å². The predicted octanol–water partition coefficient (Wildman–Crippen LogP) is 14.3. The Kier molecular flexibility index (Phi) is 9.32. The van der Waals surface area contributed by atoms with E-state index in [4.69, 9.17) is 19.9 Å². The van der Waals surface area contributed by atoms with Gasteiger partial charge in [0.1, 0.15) is 0 Å². The lowest BCUT2D eigenvalue weighted by Gasteiger charge is -2.17. The second kappa shape index (κ2) is 15.7. The molecule has 0 radical (unpaired) electrons. The maximum Gasteiger partial charge on any atom is 0.162 e. The number of aryl methyl sites for hydroxylation is 1. The Bertz CT molecular complexity index is 3280. The van der Waals surface area contributed by atoms with E-state index in [0.717, 1.165) is 78.4 Å². The molecule has 0 amide bonds. The fourth-order valence-corrected chi connectivity index (χ4v) is 8.51. The number of para-hydroxylation sites is 1. The summed E-state index contributed by atoms with van der Waals surface area (Å²) < 4.78 is 2.39. The van der Waals surface area contributed by atoms with Crippen LogP contribution >= 0.6 is 0 Å². The van der Waals surface area contributed by atoms with Gasteiger partial charge in [0.05, 0.1) is 39.5 Å². The summed E-state index contributed by atoms with van der Waals surface area (Å²) in [6, 6.07) is 76.1. The van der Waals surface area contributed by atoms with Gasteiger partial charge in [0, 0.05) is 44.2 Å². The van der Waals surface area contributed by atoms with Crippen molar-refractivity contribution in [3.05, 3.63) is 224 Å². The number of hydrogen-bond donors (Lipinski definition) is 0. The molecule has 5 heteroatoms. The molecule has 0 atom stereocenters. The minimum absolute atomic E-state index is 0.615. The molecule has 0 saturated heterocycles. The first-order valence-corrected chi connectivity index (χ1v) is 20.9. The van der Waals surface area contributed by atoms with E-state index < -0.39 is 0 Å². The summed E-state index contributed by atoms with van der Waals surface area (Å²) in [5.41, 5.74) is 15.9. The van der Waals surface area contributed by atoms with Gasteiger partial charge in [-0.25, -0.2) is 19.9 Å². The molecule has 0 spiro atoms. The largest absolute Gasteiger partial charge is 0.308 e. The molecule has 292 valence electrons. The van der Waals surface area contributed by atoms with Crippen molar-refractivity contribution >= 4 is 21.8 Å². The molecule has 0 saturated carbocycles. The van der Waals surface area contributed by atoms with Gasteiger partial charge in [-0.05, 0) is 60.0 Å². The van der Waals surface area contributed by atoms with Crippen LogP contribution in [0.4, 0.5) is 0 Å². The van der Waals surface area contributed by atoms with Crippen molar-refractivity contribution in [1.82, 2.24) is 24.5 Å². The number of rotatable bonds is 8. The van der Waals surface area contributed by atoms with Crippen LogP contribution in [0.25, 0.3) is 106 Å². The third-order valence-electron chi connectivity index (χ3n) is 11.6. The summed E-state index contributed by atoms with van der Waals surface area (Å²) in [5, 5.41) is 2.35. The standard InChI is InChI=1S/C57H39N5/c1-38-18-14-15-27-45(38)43-30-32-47-46-28-16-17-29-53(46)62(55(47)35-43)54-33-31-44(52-37-49(39-19-6-2-7-20-39)58-56(59-52)42-25-12-5-13-26-42)34-48(54)57-60-50(40-21-8-3-9-22-40)36-51(61-57)41-23-10-4-11-24-41/h2-37H,1H3. The average molecular weight is 794 g/mol. The van der Waals surface area contributed by atoms with E-state index in [1.165, 1.54) is 21.9 Å². The summed E-state index contributed by atoms with van der Waals surface area (Å²) >= 11 is 0. The zero-order valence-corrected chi connectivity index (χ0v) is 34.0. The van der Waals surface area contributed by atoms with E-state index in [2.05, 4.69) is 181 Å². The quantitative estimate of drug-likeness (QED) is 0.154. The van der Waals surface area contributed by atoms with Crippen LogP contribution < -0.4 is 0 Å². The molecule has 0 bridgehead atoms. The lowest BCUT2D eigenvalue weighted by molar-refractivity contribution is 1.13. The summed E-state index contributed by atoms with van der Waals surface area (Å²) in [6.07, 6.45) is 0. The van der Waals surface area contributed by atoms with Crippen molar-refractivity contribution < 1.29 is 0 Å². The lowest BCUT2D eigenvalue weighted by Crippen LogP contribution is -2.03. The van der Waals surface area contributed by atoms with Crippen molar-refractivity contribution in [2.24, 2.45) is 0 Å². The van der Waals surface area contributed by atoms with Gasteiger partial charge in [0.25, 0.3) is 0 Å². The number of nitrogens with zero attached hydrogens (tertiary/aromatic N) is 5. The summed E-state index contributed by atoms with van der Waals surface area (Å²) in [6.45, 7) is 2.17. The number of fused-ring (bicyclic) bond motifs is 3. The van der Waals surface area contributed by atoms with E-state index in [9.17, 15) is 0 Å². The van der Waals surface area contributed by atoms with Crippen molar-refractivity contribution in [3.63, 3.8) is 0 Å². The van der Waals surface area contributed by atoms with E-state index in [-0.39, 0.29) is 0 Å². The third kappa shape index (κ3) is 6.82. The highest BCUT2D eigenvalue weighted by molar-refractivity contribution is 6.11. The lowest BCUT2D eigenvalue weighted by atomic mass is 9.99. The summed E-state index contributed by atoms with van der Waals surface area (Å²) in [4.78, 5) is 21.2. The molecule has 0 aliphatic carbocycles. The first kappa shape index (κ1) is 36.8. The van der Waals surface area contributed by atoms with Gasteiger partial charge in [0.15, 0.2) is 11.6 Å². The predicted molar refractivity (Wildman–Crippen MR) is 255 cm³/mol. The Labute approximate surface area is 360 Å². The van der Waals surface area contributed by atoms with Gasteiger partial charge in [-0.2, -0.15) is 0 Å². The Morgan fingerprint density at radius 3 is 1.37 bits per heavy atom. The molecule has 11 aromatic rings. The highest BCUT2D eigenvalue weighted by atomic mass is 15.0. The maximum absolute atomic E-state index is 5.41. The zero-order chi connectivity index (χ0) is 41.4. The fourth-order valence-electron chi connectivity index (χ4n) is 8.51. The van der Waals surface area contributed by atoms with E-state index in [1.807, 2.05) is 48.5 Å². The SMILES string of the molecule is Cc1ccccc1-c1ccc2c3ccccc3n(-c3ccc(-c4cc(-c5ccccc5)nc(-c5ccccc5)n4)cc3-c3nc(-c4ccccc4)cc(-c4ccccc4)n3)c2c1. The van der Waals surface area contributed by atoms with Gasteiger partial charge in [-0.15, -0.1) is 0 Å². The van der Waals surface area contributed by atoms with Crippen molar-refractivity contribution in [1.29, 1.82) is 0 Å². The maximum atomic E-state index is 5.41. The minimum Gasteiger partial charge on any atom is -0.308 e. The molecule has 0 N–H and O–H groups in total. The van der Waals surface area contributed by atoms with Crippen LogP contribution in [-0.2, 0) is 0 Å². The van der Waals surface area contributed by atoms with E-state index in [0.29, 0.717) is 11.6 Å². The molecule has 0 fully saturated rings. The van der Waals surface area contributed by atoms with Crippen LogP contribution in [-0.4, -0.2) is 24.5 Å². The second-order valence-corrected chi connectivity index (χ2v) is 15.5. The Balaban J connectivity index is 1.21. The van der Waals surface area contributed by atoms with Gasteiger partial charge in [0.2, 0.25) is 0 Å². The normalized spacial score (nSPS) is 11.3. The molecule has 3 aromatic heterocycles. The Morgan fingerprint density at radius 2 is 0.774 bits per heavy atom. The highest BCUT2D eigenvalue weighted by Crippen LogP contribution is 2.40. The van der Waals surface area contributed by atoms with Crippen LogP contribution in [0.3, 0.4) is 0 Å². The van der Waals surface area contributed by atoms with E-state index >= 15 is 0 Å². The van der Waals surface area contributed by atoms with Crippen LogP contribution in [0.2, 0.25) is 0 Å². The zero-order valence-electron chi connectivity index (χ0n) is 34.0. The minimum atomic E-state index is 0.615. The molecule has 0 aliphatic heterocycles. The molecule has 5 nitrogen and oxygen atoms in total. The fraction of sp³-hybridized carbons (Fsp3) is 0.0175. The summed E-state index contributed by atoms with van der Waals surface area (Å²) in [7, 11) is 0. The Hall–Kier alpha value is -8.28. The van der Waals surface area contributed by atoms with Gasteiger partial charge >= 0.3 is 0 Å². The molecular formula is C57H39N5. The Morgan fingerprint density at radius 1 is 0.306 bits per heavy atom. The van der Waals surface area contributed by atoms with Crippen LogP contribution in [0.5, 0.6) is 0 Å². The summed E-state index contributed by atoms with van der Waals surface area (Å²) in [5.74, 6) is 1.27. The molecule has 0 unspecified atom stereocenters. The van der Waals surface area contributed by atoms with Gasteiger partial charge in [-0.1, -0.05) is 182 Å². The highest BCUT2D eigenvalue weighted by Gasteiger charge is 2.21. The molecule has 0 aliphatic rings. The first-order valence-electron chi connectivity index (χ1n) is 20.9. The van der Waals surface area contributed by atoms with E-state index in [1.54, 1.807) is 0 Å². The second-order valence-electron chi connectivity index (χ2n) is 15.5. The van der Waals surface area contributed by atoms with Crippen molar-refractivity contribution in [2.75, 3.05) is 0 Å².